The van der Waals surface area contributed by atoms with Crippen LogP contribution in [0.2, 0.25) is 0 Å². The Bertz CT molecular complexity index is 379. The second-order valence-electron chi connectivity index (χ2n) is 4.29. The maximum atomic E-state index is 5.71. The van der Waals surface area contributed by atoms with Crippen LogP contribution in [0.25, 0.3) is 0 Å². The van der Waals surface area contributed by atoms with E-state index in [1.54, 1.807) is 6.20 Å². The zero-order valence-corrected chi connectivity index (χ0v) is 11.6. The lowest BCUT2D eigenvalue weighted by Crippen LogP contribution is -2.30. The van der Waals surface area contributed by atoms with Crippen molar-refractivity contribution in [2.24, 2.45) is 11.7 Å². The standard InChI is InChI=1S/C13H21N3S/c1-4-10(3)9-16(5-2)11-7-6-8-15-12(11)13(14)17/h6-8,10H,4-5,9H2,1-3H3,(H2,14,17). The van der Waals surface area contributed by atoms with Gasteiger partial charge in [-0.15, -0.1) is 0 Å². The summed E-state index contributed by atoms with van der Waals surface area (Å²) in [6.07, 6.45) is 2.90. The highest BCUT2D eigenvalue weighted by Gasteiger charge is 2.14. The molecule has 1 atom stereocenters. The molecule has 0 aliphatic heterocycles. The Balaban J connectivity index is 2.99. The minimum Gasteiger partial charge on any atom is -0.388 e. The molecule has 0 aliphatic rings. The molecule has 0 saturated heterocycles. The first-order valence-electron chi connectivity index (χ1n) is 6.09. The summed E-state index contributed by atoms with van der Waals surface area (Å²) in [5, 5.41) is 0. The van der Waals surface area contributed by atoms with E-state index in [1.807, 2.05) is 12.1 Å². The van der Waals surface area contributed by atoms with Crippen molar-refractivity contribution in [3.8, 4) is 0 Å². The van der Waals surface area contributed by atoms with Crippen molar-refractivity contribution in [1.29, 1.82) is 0 Å². The van der Waals surface area contributed by atoms with Gasteiger partial charge in [0.1, 0.15) is 10.7 Å². The lowest BCUT2D eigenvalue weighted by atomic mass is 10.1. The fourth-order valence-electron chi connectivity index (χ4n) is 1.74. The van der Waals surface area contributed by atoms with Gasteiger partial charge in [-0.25, -0.2) is 0 Å². The molecule has 1 unspecified atom stereocenters. The van der Waals surface area contributed by atoms with Crippen LogP contribution in [0.4, 0.5) is 5.69 Å². The van der Waals surface area contributed by atoms with E-state index >= 15 is 0 Å². The summed E-state index contributed by atoms with van der Waals surface area (Å²) in [5.41, 5.74) is 7.49. The molecule has 2 N–H and O–H groups in total. The fourth-order valence-corrected chi connectivity index (χ4v) is 1.90. The first-order valence-corrected chi connectivity index (χ1v) is 6.50. The van der Waals surface area contributed by atoms with Crippen molar-refractivity contribution in [2.45, 2.75) is 27.2 Å². The molecular formula is C13H21N3S. The van der Waals surface area contributed by atoms with Gasteiger partial charge in [0.15, 0.2) is 0 Å². The molecule has 3 nitrogen and oxygen atoms in total. The minimum atomic E-state index is 0.364. The van der Waals surface area contributed by atoms with Gasteiger partial charge in [0.05, 0.1) is 5.69 Å². The molecule has 1 aromatic heterocycles. The second kappa shape index (κ2) is 6.55. The molecular weight excluding hydrogens is 230 g/mol. The van der Waals surface area contributed by atoms with E-state index in [9.17, 15) is 0 Å². The van der Waals surface area contributed by atoms with Crippen molar-refractivity contribution in [3.63, 3.8) is 0 Å². The predicted molar refractivity (Wildman–Crippen MR) is 77.5 cm³/mol. The third-order valence-corrected chi connectivity index (χ3v) is 3.16. The first kappa shape index (κ1) is 13.9. The third kappa shape index (κ3) is 3.66. The Morgan fingerprint density at radius 2 is 2.24 bits per heavy atom. The van der Waals surface area contributed by atoms with Crippen molar-refractivity contribution >= 4 is 22.9 Å². The Labute approximate surface area is 109 Å². The summed E-state index contributed by atoms with van der Waals surface area (Å²) in [6.45, 7) is 8.54. The van der Waals surface area contributed by atoms with Crippen LogP contribution in [0.5, 0.6) is 0 Å². The molecule has 0 aliphatic carbocycles. The van der Waals surface area contributed by atoms with Crippen LogP contribution >= 0.6 is 12.2 Å². The smallest absolute Gasteiger partial charge is 0.124 e. The number of hydrogen-bond acceptors (Lipinski definition) is 3. The monoisotopic (exact) mass is 251 g/mol. The summed E-state index contributed by atoms with van der Waals surface area (Å²) in [6, 6.07) is 3.96. The van der Waals surface area contributed by atoms with Gasteiger partial charge in [-0.05, 0) is 25.0 Å². The van der Waals surface area contributed by atoms with Gasteiger partial charge in [0.25, 0.3) is 0 Å². The maximum Gasteiger partial charge on any atom is 0.124 e. The third-order valence-electron chi connectivity index (χ3n) is 2.97. The van der Waals surface area contributed by atoms with E-state index in [2.05, 4.69) is 30.7 Å². The van der Waals surface area contributed by atoms with Gasteiger partial charge in [-0.3, -0.25) is 4.98 Å². The SMILES string of the molecule is CCC(C)CN(CC)c1cccnc1C(N)=S. The molecule has 4 heteroatoms. The van der Waals surface area contributed by atoms with Crippen LogP contribution in [0.15, 0.2) is 18.3 Å². The van der Waals surface area contributed by atoms with Crippen molar-refractivity contribution in [3.05, 3.63) is 24.0 Å². The van der Waals surface area contributed by atoms with E-state index < -0.39 is 0 Å². The van der Waals surface area contributed by atoms with Gasteiger partial charge >= 0.3 is 0 Å². The van der Waals surface area contributed by atoms with Crippen molar-refractivity contribution in [2.75, 3.05) is 18.0 Å². The molecule has 0 radical (unpaired) electrons. The zero-order chi connectivity index (χ0) is 12.8. The predicted octanol–water partition coefficient (Wildman–Crippen LogP) is 2.59. The van der Waals surface area contributed by atoms with Crippen molar-refractivity contribution in [1.82, 2.24) is 4.98 Å². The first-order chi connectivity index (χ1) is 8.10. The van der Waals surface area contributed by atoms with Gasteiger partial charge in [0.2, 0.25) is 0 Å². The van der Waals surface area contributed by atoms with E-state index in [0.29, 0.717) is 10.9 Å². The van der Waals surface area contributed by atoms with Crippen molar-refractivity contribution < 1.29 is 0 Å². The Morgan fingerprint density at radius 3 is 2.76 bits per heavy atom. The minimum absolute atomic E-state index is 0.364. The largest absolute Gasteiger partial charge is 0.388 e. The summed E-state index contributed by atoms with van der Waals surface area (Å²) >= 11 is 5.05. The quantitative estimate of drug-likeness (QED) is 0.789. The molecule has 1 aromatic rings. The van der Waals surface area contributed by atoms with Gasteiger partial charge in [0, 0.05) is 19.3 Å². The normalized spacial score (nSPS) is 12.2. The molecule has 94 valence electrons. The van der Waals surface area contributed by atoms with Gasteiger partial charge in [-0.1, -0.05) is 32.5 Å². The highest BCUT2D eigenvalue weighted by Crippen LogP contribution is 2.20. The highest BCUT2D eigenvalue weighted by molar-refractivity contribution is 7.80. The summed E-state index contributed by atoms with van der Waals surface area (Å²) in [4.78, 5) is 6.92. The summed E-state index contributed by atoms with van der Waals surface area (Å²) < 4.78 is 0. The maximum absolute atomic E-state index is 5.71. The van der Waals surface area contributed by atoms with Crippen LogP contribution in [0.1, 0.15) is 32.9 Å². The molecule has 0 spiro atoms. The molecule has 1 heterocycles. The number of nitrogens with zero attached hydrogens (tertiary/aromatic N) is 2. The molecule has 17 heavy (non-hydrogen) atoms. The Hall–Kier alpha value is -1.16. The number of thiocarbonyl (C=S) groups is 1. The van der Waals surface area contributed by atoms with E-state index in [1.165, 1.54) is 6.42 Å². The van der Waals surface area contributed by atoms with E-state index in [-0.39, 0.29) is 0 Å². The number of nitrogens with two attached hydrogens (primary N) is 1. The number of rotatable bonds is 6. The Morgan fingerprint density at radius 1 is 1.53 bits per heavy atom. The van der Waals surface area contributed by atoms with Crippen LogP contribution in [-0.4, -0.2) is 23.1 Å². The Kier molecular flexibility index (Phi) is 5.35. The molecule has 0 fully saturated rings. The molecule has 1 rings (SSSR count). The number of anilines is 1. The van der Waals surface area contributed by atoms with E-state index in [4.69, 9.17) is 18.0 Å². The van der Waals surface area contributed by atoms with Crippen LogP contribution in [0.3, 0.4) is 0 Å². The fraction of sp³-hybridized carbons (Fsp3) is 0.538. The molecule has 0 amide bonds. The number of aromatic nitrogens is 1. The van der Waals surface area contributed by atoms with Gasteiger partial charge in [-0.2, -0.15) is 0 Å². The average molecular weight is 251 g/mol. The van der Waals surface area contributed by atoms with Crippen LogP contribution < -0.4 is 10.6 Å². The van der Waals surface area contributed by atoms with Crippen LogP contribution in [0, 0.1) is 5.92 Å². The second-order valence-corrected chi connectivity index (χ2v) is 4.73. The topological polar surface area (TPSA) is 42.2 Å². The van der Waals surface area contributed by atoms with Gasteiger partial charge < -0.3 is 10.6 Å². The average Bonchev–Trinajstić information content (AvgIpc) is 2.35. The number of pyridine rings is 1. The highest BCUT2D eigenvalue weighted by atomic mass is 32.1. The number of hydrogen-bond donors (Lipinski definition) is 1. The van der Waals surface area contributed by atoms with E-state index in [0.717, 1.165) is 24.5 Å². The summed E-state index contributed by atoms with van der Waals surface area (Å²) in [7, 11) is 0. The molecule has 0 saturated carbocycles. The lowest BCUT2D eigenvalue weighted by Gasteiger charge is -2.27. The zero-order valence-electron chi connectivity index (χ0n) is 10.8. The molecule has 0 bridgehead atoms. The summed E-state index contributed by atoms with van der Waals surface area (Å²) in [5.74, 6) is 0.648. The molecule has 0 aromatic carbocycles. The van der Waals surface area contributed by atoms with Crippen LogP contribution in [-0.2, 0) is 0 Å². The lowest BCUT2D eigenvalue weighted by molar-refractivity contribution is 0.547.